The molecule has 6 nitrogen and oxygen atoms in total. The maximum Gasteiger partial charge on any atom is 0.226 e. The third kappa shape index (κ3) is 5.24. The van der Waals surface area contributed by atoms with Gasteiger partial charge in [-0.15, -0.1) is 0 Å². The molecule has 1 aliphatic heterocycles. The van der Waals surface area contributed by atoms with Crippen LogP contribution in [-0.4, -0.2) is 32.0 Å². The number of rotatable bonds is 8. The fourth-order valence-electron chi connectivity index (χ4n) is 4.83. The Labute approximate surface area is 221 Å². The van der Waals surface area contributed by atoms with Crippen LogP contribution in [0.3, 0.4) is 0 Å². The van der Waals surface area contributed by atoms with E-state index in [9.17, 15) is 9.18 Å². The van der Waals surface area contributed by atoms with Crippen LogP contribution in [0.4, 0.5) is 10.1 Å². The highest BCUT2D eigenvalue weighted by Crippen LogP contribution is 2.39. The van der Waals surface area contributed by atoms with Crippen molar-refractivity contribution in [2.45, 2.75) is 31.8 Å². The van der Waals surface area contributed by atoms with Crippen LogP contribution in [0.15, 0.2) is 91.3 Å². The molecule has 2 aromatic heterocycles. The summed E-state index contributed by atoms with van der Waals surface area (Å²) in [4.78, 5) is 19.6. The third-order valence-corrected chi connectivity index (χ3v) is 6.99. The molecule has 1 saturated heterocycles. The van der Waals surface area contributed by atoms with E-state index in [4.69, 9.17) is 12.2 Å². The molecule has 1 amide bonds. The third-order valence-electron chi connectivity index (χ3n) is 6.64. The van der Waals surface area contributed by atoms with Crippen LogP contribution in [0.2, 0.25) is 0 Å². The Morgan fingerprint density at radius 1 is 1.05 bits per heavy atom. The number of hydrogen-bond acceptors (Lipinski definition) is 3. The number of aromatic nitrogens is 2. The van der Waals surface area contributed by atoms with Crippen LogP contribution in [-0.2, 0) is 11.2 Å². The predicted molar refractivity (Wildman–Crippen MR) is 147 cm³/mol. The Bertz CT molecular complexity index is 1390. The summed E-state index contributed by atoms with van der Waals surface area (Å²) in [5.41, 5.74) is 4.59. The molecule has 0 unspecified atom stereocenters. The fourth-order valence-corrected chi connectivity index (χ4v) is 5.16. The van der Waals surface area contributed by atoms with Crippen LogP contribution in [0.25, 0.3) is 5.69 Å². The van der Waals surface area contributed by atoms with Crippen molar-refractivity contribution in [3.05, 3.63) is 114 Å². The van der Waals surface area contributed by atoms with E-state index in [0.29, 0.717) is 11.7 Å². The van der Waals surface area contributed by atoms with Crippen molar-refractivity contribution < 1.29 is 9.18 Å². The van der Waals surface area contributed by atoms with E-state index in [2.05, 4.69) is 27.4 Å². The summed E-state index contributed by atoms with van der Waals surface area (Å²) >= 11 is 5.76. The minimum Gasteiger partial charge on any atom is -0.352 e. The van der Waals surface area contributed by atoms with Gasteiger partial charge in [-0.05, 0) is 78.8 Å². The minimum atomic E-state index is -0.287. The Morgan fingerprint density at radius 2 is 1.84 bits per heavy atom. The number of nitrogens with one attached hydrogen (secondary N) is 2. The van der Waals surface area contributed by atoms with Gasteiger partial charge < -0.3 is 20.1 Å². The normalized spacial score (nSPS) is 17.0. The van der Waals surface area contributed by atoms with E-state index < -0.39 is 0 Å². The molecule has 0 radical (unpaired) electrons. The molecule has 2 atom stereocenters. The average Bonchev–Trinajstić information content (AvgIpc) is 3.53. The Hall–Kier alpha value is -4.04. The summed E-state index contributed by atoms with van der Waals surface area (Å²) in [5, 5.41) is 7.04. The van der Waals surface area contributed by atoms with E-state index in [-0.39, 0.29) is 30.2 Å². The van der Waals surface area contributed by atoms with Crippen molar-refractivity contribution >= 4 is 28.9 Å². The number of halogens is 1. The second kappa shape index (κ2) is 10.9. The number of amides is 1. The molecule has 8 heteroatoms. The van der Waals surface area contributed by atoms with Gasteiger partial charge in [0.2, 0.25) is 5.91 Å². The summed E-state index contributed by atoms with van der Waals surface area (Å²) in [6.07, 6.45) is 4.82. The lowest BCUT2D eigenvalue weighted by Gasteiger charge is -2.29. The number of aryl methyl sites for hydroxylation is 1. The van der Waals surface area contributed by atoms with Crippen molar-refractivity contribution in [1.29, 1.82) is 0 Å². The van der Waals surface area contributed by atoms with Gasteiger partial charge in [-0.1, -0.05) is 31.2 Å². The lowest BCUT2D eigenvalue weighted by Crippen LogP contribution is -2.33. The number of carbonyl (C=O) groups excluding carboxylic acids is 1. The molecule has 0 aliphatic carbocycles. The summed E-state index contributed by atoms with van der Waals surface area (Å²) in [5.74, 6) is -0.359. The first-order chi connectivity index (χ1) is 18.0. The molecular formula is C29H28FN5OS. The highest BCUT2D eigenvalue weighted by atomic mass is 32.1. The Balaban J connectivity index is 1.43. The first-order valence-electron chi connectivity index (χ1n) is 12.3. The number of hydrogen-bond donors (Lipinski definition) is 2. The highest BCUT2D eigenvalue weighted by Gasteiger charge is 2.41. The zero-order chi connectivity index (χ0) is 25.8. The van der Waals surface area contributed by atoms with Gasteiger partial charge >= 0.3 is 0 Å². The van der Waals surface area contributed by atoms with Gasteiger partial charge in [0.05, 0.1) is 17.8 Å². The number of thiocarbonyl (C=S) groups is 1. The van der Waals surface area contributed by atoms with E-state index in [1.54, 1.807) is 18.3 Å². The second-order valence-electron chi connectivity index (χ2n) is 8.91. The molecular weight excluding hydrogens is 485 g/mol. The monoisotopic (exact) mass is 513 g/mol. The van der Waals surface area contributed by atoms with Gasteiger partial charge in [0, 0.05) is 42.4 Å². The van der Waals surface area contributed by atoms with E-state index in [1.807, 2.05) is 65.4 Å². The number of benzene rings is 2. The van der Waals surface area contributed by atoms with E-state index in [1.165, 1.54) is 12.1 Å². The quantitative estimate of drug-likeness (QED) is 0.302. The predicted octanol–water partition coefficient (Wildman–Crippen LogP) is 5.58. The van der Waals surface area contributed by atoms with E-state index >= 15 is 0 Å². The van der Waals surface area contributed by atoms with Gasteiger partial charge in [-0.25, -0.2) is 4.39 Å². The summed E-state index contributed by atoms with van der Waals surface area (Å²) in [6.45, 7) is 2.49. The lowest BCUT2D eigenvalue weighted by atomic mass is 10.0. The second-order valence-corrected chi connectivity index (χ2v) is 9.30. The smallest absolute Gasteiger partial charge is 0.226 e. The largest absolute Gasteiger partial charge is 0.352 e. The van der Waals surface area contributed by atoms with Gasteiger partial charge in [0.1, 0.15) is 5.82 Å². The maximum atomic E-state index is 13.6. The zero-order valence-corrected chi connectivity index (χ0v) is 21.3. The summed E-state index contributed by atoms with van der Waals surface area (Å²) < 4.78 is 15.6. The number of para-hydroxylation sites is 1. The molecule has 0 saturated carbocycles. The van der Waals surface area contributed by atoms with E-state index in [0.717, 1.165) is 34.7 Å². The summed E-state index contributed by atoms with van der Waals surface area (Å²) in [6, 6.07) is 23.6. The molecule has 4 aromatic rings. The molecule has 0 spiro atoms. The number of nitrogens with zero attached hydrogens (tertiary/aromatic N) is 3. The lowest BCUT2D eigenvalue weighted by molar-refractivity contribution is -0.116. The van der Waals surface area contributed by atoms with Crippen molar-refractivity contribution in [1.82, 2.24) is 19.8 Å². The van der Waals surface area contributed by atoms with Gasteiger partial charge in [0.15, 0.2) is 5.11 Å². The van der Waals surface area contributed by atoms with Crippen LogP contribution >= 0.6 is 12.2 Å². The molecule has 2 N–H and O–H groups in total. The fraction of sp³-hybridized carbons (Fsp3) is 0.207. The van der Waals surface area contributed by atoms with Gasteiger partial charge in [0.25, 0.3) is 0 Å². The first-order valence-corrected chi connectivity index (χ1v) is 12.7. The van der Waals surface area contributed by atoms with Crippen LogP contribution in [0, 0.1) is 5.82 Å². The molecule has 1 fully saturated rings. The number of pyridine rings is 1. The standard InChI is InChI=1S/C29H28FN5OS/c1-2-20-8-3-4-9-23(20)32-26(36)16-19-35-28(27(33-29(35)37)24-10-5-6-17-31-24)25-11-7-18-34(25)22-14-12-21(30)13-15-22/h3-15,17-18,27-28H,2,16,19H2,1H3,(H,32,36)(H,33,37)/t27-,28-/m1/s1. The molecule has 37 heavy (non-hydrogen) atoms. The topological polar surface area (TPSA) is 62.2 Å². The Kier molecular flexibility index (Phi) is 7.28. The van der Waals surface area contributed by atoms with Gasteiger partial charge in [-0.2, -0.15) is 0 Å². The minimum absolute atomic E-state index is 0.0716. The van der Waals surface area contributed by atoms with Crippen molar-refractivity contribution in [2.24, 2.45) is 0 Å². The molecule has 2 aromatic carbocycles. The Morgan fingerprint density at radius 3 is 2.59 bits per heavy atom. The first kappa shape index (κ1) is 24.6. The average molecular weight is 514 g/mol. The zero-order valence-electron chi connectivity index (χ0n) is 20.5. The van der Waals surface area contributed by atoms with Crippen LogP contribution < -0.4 is 10.6 Å². The maximum absolute atomic E-state index is 13.6. The van der Waals surface area contributed by atoms with Gasteiger partial charge in [-0.3, -0.25) is 9.78 Å². The van der Waals surface area contributed by atoms with Crippen LogP contribution in [0.5, 0.6) is 0 Å². The molecule has 188 valence electrons. The van der Waals surface area contributed by atoms with Crippen molar-refractivity contribution in [3.63, 3.8) is 0 Å². The van der Waals surface area contributed by atoms with Crippen molar-refractivity contribution in [2.75, 3.05) is 11.9 Å². The van der Waals surface area contributed by atoms with Crippen molar-refractivity contribution in [3.8, 4) is 5.69 Å². The van der Waals surface area contributed by atoms with Crippen LogP contribution in [0.1, 0.15) is 42.4 Å². The molecule has 5 rings (SSSR count). The highest BCUT2D eigenvalue weighted by molar-refractivity contribution is 7.80. The molecule has 3 heterocycles. The molecule has 0 bridgehead atoms. The summed E-state index contributed by atoms with van der Waals surface area (Å²) in [7, 11) is 0. The SMILES string of the molecule is CCc1ccccc1NC(=O)CCN1C(=S)N[C@H](c2ccccn2)[C@H]1c1cccn1-c1ccc(F)cc1. The number of anilines is 1. The number of carbonyl (C=O) groups is 1. The molecule has 1 aliphatic rings.